The third-order valence-electron chi connectivity index (χ3n) is 5.24. The summed E-state index contributed by atoms with van der Waals surface area (Å²) in [5, 5.41) is 21.2. The average Bonchev–Trinajstić information content (AvgIpc) is 3.03. The summed E-state index contributed by atoms with van der Waals surface area (Å²) in [6.07, 6.45) is 1.49. The first-order valence-corrected chi connectivity index (χ1v) is 10.2. The molecule has 2 N–H and O–H groups in total. The number of amides is 1. The Labute approximate surface area is 185 Å². The van der Waals surface area contributed by atoms with Gasteiger partial charge in [0.1, 0.15) is 28.6 Å². The maximum absolute atomic E-state index is 13.1. The Bertz CT molecular complexity index is 1030. The summed E-state index contributed by atoms with van der Waals surface area (Å²) in [4.78, 5) is 27.4. The molecule has 0 radical (unpaired) electrons. The molecule has 1 aliphatic heterocycles. The predicted molar refractivity (Wildman–Crippen MR) is 117 cm³/mol. The predicted octanol–water partition coefficient (Wildman–Crippen LogP) is 4.28. The number of aliphatic hydroxyl groups is 1. The molecule has 1 atom stereocenters. The fourth-order valence-corrected chi connectivity index (χ4v) is 3.89. The Morgan fingerprint density at radius 2 is 1.77 bits per heavy atom. The Morgan fingerprint density at radius 1 is 1.13 bits per heavy atom. The Hall–Kier alpha value is -3.19. The molecule has 2 aromatic carbocycles. The van der Waals surface area contributed by atoms with Gasteiger partial charge in [0.05, 0.1) is 30.9 Å². The molecule has 0 spiro atoms. The maximum atomic E-state index is 13.1. The second-order valence-electron chi connectivity index (χ2n) is 7.09. The number of phenolic OH excluding ortho intramolecular Hbond substituents is 1. The van der Waals surface area contributed by atoms with Gasteiger partial charge in [0.2, 0.25) is 0 Å². The number of ketones is 1. The van der Waals surface area contributed by atoms with Crippen molar-refractivity contribution in [2.75, 3.05) is 20.8 Å². The van der Waals surface area contributed by atoms with Crippen molar-refractivity contribution in [2.45, 2.75) is 25.8 Å². The molecule has 7 nitrogen and oxygen atoms in total. The first kappa shape index (κ1) is 22.5. The van der Waals surface area contributed by atoms with E-state index in [2.05, 4.69) is 0 Å². The van der Waals surface area contributed by atoms with Crippen LogP contribution in [0.15, 0.2) is 42.0 Å². The SMILES string of the molecule is CCCCN1C(=O)C(=O)/C(=C(/O)c2c(OC)cccc2OC)C1c1ccc(O)c(Cl)c1. The van der Waals surface area contributed by atoms with E-state index in [-0.39, 0.29) is 21.9 Å². The number of aromatic hydroxyl groups is 1. The topological polar surface area (TPSA) is 96.3 Å². The highest BCUT2D eigenvalue weighted by molar-refractivity contribution is 6.46. The summed E-state index contributed by atoms with van der Waals surface area (Å²) in [6.45, 7) is 2.30. The molecule has 1 amide bonds. The number of halogens is 1. The average molecular weight is 446 g/mol. The van der Waals surface area contributed by atoms with E-state index in [9.17, 15) is 19.8 Å². The number of ether oxygens (including phenoxy) is 2. The number of carbonyl (C=O) groups is 2. The van der Waals surface area contributed by atoms with Crippen LogP contribution in [0.1, 0.15) is 36.9 Å². The number of hydrogen-bond acceptors (Lipinski definition) is 6. The largest absolute Gasteiger partial charge is 0.506 e. The summed E-state index contributed by atoms with van der Waals surface area (Å²) in [7, 11) is 2.87. The lowest BCUT2D eigenvalue weighted by Gasteiger charge is -2.25. The van der Waals surface area contributed by atoms with Crippen LogP contribution in [0.25, 0.3) is 5.76 Å². The zero-order valence-electron chi connectivity index (χ0n) is 17.5. The first-order chi connectivity index (χ1) is 14.8. The molecule has 0 aliphatic carbocycles. The summed E-state index contributed by atoms with van der Waals surface area (Å²) >= 11 is 6.10. The highest BCUT2D eigenvalue weighted by Gasteiger charge is 2.46. The summed E-state index contributed by atoms with van der Waals surface area (Å²) in [5.41, 5.74) is 0.579. The quantitative estimate of drug-likeness (QED) is 0.375. The lowest BCUT2D eigenvalue weighted by Crippen LogP contribution is -2.30. The third kappa shape index (κ3) is 4.05. The van der Waals surface area contributed by atoms with Crippen LogP contribution in [-0.4, -0.2) is 47.6 Å². The van der Waals surface area contributed by atoms with Crippen molar-refractivity contribution >= 4 is 29.1 Å². The van der Waals surface area contributed by atoms with E-state index >= 15 is 0 Å². The van der Waals surface area contributed by atoms with Gasteiger partial charge in [0.15, 0.2) is 0 Å². The van der Waals surface area contributed by atoms with Crippen LogP contribution in [-0.2, 0) is 9.59 Å². The minimum Gasteiger partial charge on any atom is -0.506 e. The van der Waals surface area contributed by atoms with Crippen molar-refractivity contribution < 1.29 is 29.3 Å². The number of carbonyl (C=O) groups excluding carboxylic acids is 2. The van der Waals surface area contributed by atoms with Crippen molar-refractivity contribution in [1.82, 2.24) is 4.90 Å². The molecule has 0 bridgehead atoms. The number of nitrogens with zero attached hydrogens (tertiary/aromatic N) is 1. The molecule has 1 saturated heterocycles. The third-order valence-corrected chi connectivity index (χ3v) is 5.55. The number of methoxy groups -OCH3 is 2. The minimum atomic E-state index is -0.876. The van der Waals surface area contributed by atoms with Crippen LogP contribution in [0.5, 0.6) is 17.2 Å². The molecular formula is C23H24ClNO6. The van der Waals surface area contributed by atoms with Crippen molar-refractivity contribution in [2.24, 2.45) is 0 Å². The van der Waals surface area contributed by atoms with Gasteiger partial charge in [0.25, 0.3) is 11.7 Å². The van der Waals surface area contributed by atoms with Gasteiger partial charge in [-0.05, 0) is 36.2 Å². The molecule has 2 aromatic rings. The molecule has 1 aliphatic rings. The normalized spacial score (nSPS) is 17.8. The van der Waals surface area contributed by atoms with Crippen molar-refractivity contribution in [3.63, 3.8) is 0 Å². The number of aliphatic hydroxyl groups excluding tert-OH is 1. The molecule has 0 aromatic heterocycles. The van der Waals surface area contributed by atoms with Gasteiger partial charge in [0, 0.05) is 6.54 Å². The van der Waals surface area contributed by atoms with Crippen LogP contribution in [0.4, 0.5) is 0 Å². The smallest absolute Gasteiger partial charge is 0.295 e. The maximum Gasteiger partial charge on any atom is 0.295 e. The van der Waals surface area contributed by atoms with E-state index < -0.39 is 23.5 Å². The standard InChI is InChI=1S/C23H24ClNO6/c1-4-5-11-25-20(13-9-10-15(26)14(24)12-13)19(22(28)23(25)29)21(27)18-16(30-2)7-6-8-17(18)31-3/h6-10,12,20,26-27H,4-5,11H2,1-3H3/b21-19+. The molecule has 31 heavy (non-hydrogen) atoms. The van der Waals surface area contributed by atoms with Crippen LogP contribution < -0.4 is 9.47 Å². The van der Waals surface area contributed by atoms with Gasteiger partial charge in [-0.1, -0.05) is 37.1 Å². The number of hydrogen-bond donors (Lipinski definition) is 2. The summed E-state index contributed by atoms with van der Waals surface area (Å²) in [6, 6.07) is 8.50. The van der Waals surface area contributed by atoms with E-state index in [1.165, 1.54) is 31.3 Å². The van der Waals surface area contributed by atoms with Gasteiger partial charge in [-0.25, -0.2) is 0 Å². The van der Waals surface area contributed by atoms with Crippen molar-refractivity contribution in [3.05, 3.63) is 58.1 Å². The van der Waals surface area contributed by atoms with Crippen LogP contribution in [0.3, 0.4) is 0 Å². The Kier molecular flexibility index (Phi) is 6.75. The molecule has 1 fully saturated rings. The number of likely N-dealkylation sites (tertiary alicyclic amines) is 1. The molecular weight excluding hydrogens is 422 g/mol. The van der Waals surface area contributed by atoms with Gasteiger partial charge in [-0.3, -0.25) is 9.59 Å². The van der Waals surface area contributed by atoms with E-state index in [0.717, 1.165) is 6.42 Å². The molecule has 164 valence electrons. The number of benzene rings is 2. The lowest BCUT2D eigenvalue weighted by molar-refractivity contribution is -0.139. The molecule has 3 rings (SSSR count). The zero-order valence-corrected chi connectivity index (χ0v) is 18.3. The molecule has 1 unspecified atom stereocenters. The highest BCUT2D eigenvalue weighted by atomic mass is 35.5. The Balaban J connectivity index is 2.28. The molecule has 0 saturated carbocycles. The van der Waals surface area contributed by atoms with Crippen molar-refractivity contribution in [3.8, 4) is 17.2 Å². The fourth-order valence-electron chi connectivity index (χ4n) is 3.70. The number of rotatable bonds is 7. The second-order valence-corrected chi connectivity index (χ2v) is 7.50. The van der Waals surface area contributed by atoms with E-state index in [1.807, 2.05) is 6.92 Å². The minimum absolute atomic E-state index is 0.0773. The summed E-state index contributed by atoms with van der Waals surface area (Å²) < 4.78 is 10.7. The number of Topliss-reactive ketones (excluding diaryl/α,β-unsaturated/α-hetero) is 1. The number of unbranched alkanes of at least 4 members (excludes halogenated alkanes) is 1. The van der Waals surface area contributed by atoms with Crippen LogP contribution in [0.2, 0.25) is 5.02 Å². The van der Waals surface area contributed by atoms with Gasteiger partial charge in [-0.2, -0.15) is 0 Å². The summed E-state index contributed by atoms with van der Waals surface area (Å²) in [5.74, 6) is -1.46. The fraction of sp³-hybridized carbons (Fsp3) is 0.304. The second kappa shape index (κ2) is 9.31. The highest BCUT2D eigenvalue weighted by Crippen LogP contribution is 2.44. The zero-order chi connectivity index (χ0) is 22.7. The molecule has 1 heterocycles. The number of phenols is 1. The van der Waals surface area contributed by atoms with Crippen LogP contribution >= 0.6 is 11.6 Å². The van der Waals surface area contributed by atoms with Gasteiger partial charge >= 0.3 is 0 Å². The molecule has 8 heteroatoms. The first-order valence-electron chi connectivity index (χ1n) is 9.83. The van der Waals surface area contributed by atoms with E-state index in [0.29, 0.717) is 30.0 Å². The van der Waals surface area contributed by atoms with E-state index in [1.54, 1.807) is 24.3 Å². The monoisotopic (exact) mass is 445 g/mol. The van der Waals surface area contributed by atoms with Gasteiger partial charge < -0.3 is 24.6 Å². The van der Waals surface area contributed by atoms with Gasteiger partial charge in [-0.15, -0.1) is 0 Å². The van der Waals surface area contributed by atoms with Crippen molar-refractivity contribution in [1.29, 1.82) is 0 Å². The Morgan fingerprint density at radius 3 is 2.32 bits per heavy atom. The lowest BCUT2D eigenvalue weighted by atomic mass is 9.94. The van der Waals surface area contributed by atoms with E-state index in [4.69, 9.17) is 21.1 Å². The van der Waals surface area contributed by atoms with Crippen LogP contribution in [0, 0.1) is 0 Å².